The van der Waals surface area contributed by atoms with E-state index in [4.69, 9.17) is 0 Å². The number of rotatable bonds is 5. The summed E-state index contributed by atoms with van der Waals surface area (Å²) in [7, 11) is 0. The Bertz CT molecular complexity index is 3250. The molecule has 12 rings (SSSR count). The highest BCUT2D eigenvalue weighted by Gasteiger charge is 2.20. The van der Waals surface area contributed by atoms with Crippen molar-refractivity contribution >= 4 is 112 Å². The van der Waals surface area contributed by atoms with Gasteiger partial charge in [0.2, 0.25) is 0 Å². The van der Waals surface area contributed by atoms with Crippen LogP contribution in [0.5, 0.6) is 0 Å². The van der Waals surface area contributed by atoms with Crippen LogP contribution in [0.1, 0.15) is 0 Å². The van der Waals surface area contributed by atoms with Crippen molar-refractivity contribution in [3.05, 3.63) is 188 Å². The molecule has 0 bridgehead atoms. The maximum atomic E-state index is 2.44. The number of nitrogens with zero attached hydrogens (tertiary/aromatic N) is 1. The minimum Gasteiger partial charge on any atom is -0.310 e. The summed E-state index contributed by atoms with van der Waals surface area (Å²) in [6.45, 7) is 0. The lowest BCUT2D eigenvalue weighted by Gasteiger charge is -2.28. The molecule has 2 aromatic heterocycles. The lowest BCUT2D eigenvalue weighted by molar-refractivity contribution is 1.30. The molecule has 12 aromatic rings. The molecule has 0 saturated heterocycles. The van der Waals surface area contributed by atoms with Crippen LogP contribution < -0.4 is 4.90 Å². The molecule has 0 N–H and O–H groups in total. The molecule has 0 amide bonds. The third kappa shape index (κ3) is 4.70. The van der Waals surface area contributed by atoms with E-state index >= 15 is 0 Å². The predicted octanol–water partition coefficient (Wildman–Crippen LogP) is 16.1. The lowest BCUT2D eigenvalue weighted by Crippen LogP contribution is -2.10. The van der Waals surface area contributed by atoms with Gasteiger partial charge in [0.25, 0.3) is 0 Å². The van der Waals surface area contributed by atoms with Crippen molar-refractivity contribution < 1.29 is 0 Å². The van der Waals surface area contributed by atoms with Crippen LogP contribution >= 0.6 is 22.7 Å². The first-order chi connectivity index (χ1) is 27.3. The Hall–Kier alpha value is -6.52. The van der Waals surface area contributed by atoms with Gasteiger partial charge >= 0.3 is 0 Å². The van der Waals surface area contributed by atoms with Crippen LogP contribution in [0.25, 0.3) is 94.9 Å². The van der Waals surface area contributed by atoms with Crippen molar-refractivity contribution in [1.29, 1.82) is 0 Å². The molecule has 55 heavy (non-hydrogen) atoms. The minimum absolute atomic E-state index is 1.13. The molecule has 0 atom stereocenters. The van der Waals surface area contributed by atoms with Crippen LogP contribution in [-0.2, 0) is 0 Å². The zero-order valence-corrected chi connectivity index (χ0v) is 31.3. The van der Waals surface area contributed by atoms with E-state index in [-0.39, 0.29) is 0 Å². The number of hydrogen-bond acceptors (Lipinski definition) is 3. The largest absolute Gasteiger partial charge is 0.310 e. The zero-order chi connectivity index (χ0) is 36.0. The highest BCUT2D eigenvalue weighted by atomic mass is 32.1. The SMILES string of the molecule is c1cc2ccc3ccc(N(c4ccc(-c5cccc6c5sc5ccccc56)cc4)c4ccc(-c5cccc6c5sc5ccccc56)cc4)c4ccc(c1)c2c34. The average Bonchev–Trinajstić information content (AvgIpc) is 3.83. The summed E-state index contributed by atoms with van der Waals surface area (Å²) in [5, 5.41) is 13.0. The van der Waals surface area contributed by atoms with E-state index in [1.807, 2.05) is 22.7 Å². The quantitative estimate of drug-likeness (QED) is 0.159. The van der Waals surface area contributed by atoms with Crippen LogP contribution in [0.4, 0.5) is 17.1 Å². The summed E-state index contributed by atoms with van der Waals surface area (Å²) in [6.07, 6.45) is 0. The standard InChI is InChI=1S/C52H31NS2/c1-3-16-47-41(10-1)43-14-6-12-39(51(43)54-47)32-20-26-37(27-21-32)53(46-31-25-36-19-18-34-8-5-9-35-24-30-45(46)50(36)49(34)35)38-28-22-33(23-29-38)40-13-7-15-44-42-11-2-4-17-48(42)55-52(40)44/h1-31H. The van der Waals surface area contributed by atoms with E-state index in [1.54, 1.807) is 0 Å². The van der Waals surface area contributed by atoms with Crippen molar-refractivity contribution in [1.82, 2.24) is 0 Å². The van der Waals surface area contributed by atoms with Gasteiger partial charge in [-0.2, -0.15) is 0 Å². The second-order valence-corrected chi connectivity index (χ2v) is 16.5. The predicted molar refractivity (Wildman–Crippen MR) is 241 cm³/mol. The fourth-order valence-corrected chi connectivity index (χ4v) is 11.3. The van der Waals surface area contributed by atoms with Gasteiger partial charge in [-0.3, -0.25) is 0 Å². The number of anilines is 3. The molecule has 0 aliphatic rings. The maximum Gasteiger partial charge on any atom is 0.0540 e. The minimum atomic E-state index is 1.13. The molecule has 0 spiro atoms. The number of benzene rings is 10. The van der Waals surface area contributed by atoms with Gasteiger partial charge < -0.3 is 4.90 Å². The van der Waals surface area contributed by atoms with E-state index in [0.29, 0.717) is 0 Å². The molecule has 0 aliphatic heterocycles. The summed E-state index contributed by atoms with van der Waals surface area (Å²) in [6, 6.07) is 69.7. The van der Waals surface area contributed by atoms with E-state index in [0.717, 1.165) is 11.4 Å². The van der Waals surface area contributed by atoms with Gasteiger partial charge in [-0.05, 0) is 91.6 Å². The van der Waals surface area contributed by atoms with Crippen LogP contribution in [0.3, 0.4) is 0 Å². The molecule has 0 aliphatic carbocycles. The maximum absolute atomic E-state index is 2.44. The first-order valence-electron chi connectivity index (χ1n) is 18.7. The second-order valence-electron chi connectivity index (χ2n) is 14.4. The van der Waals surface area contributed by atoms with Gasteiger partial charge in [0.15, 0.2) is 0 Å². The van der Waals surface area contributed by atoms with Crippen LogP contribution in [0.2, 0.25) is 0 Å². The van der Waals surface area contributed by atoms with E-state index in [9.17, 15) is 0 Å². The molecule has 0 fully saturated rings. The first kappa shape index (κ1) is 30.9. The Labute approximate surface area is 325 Å². The monoisotopic (exact) mass is 733 g/mol. The van der Waals surface area contributed by atoms with E-state index in [1.165, 1.54) is 101 Å². The van der Waals surface area contributed by atoms with Crippen molar-refractivity contribution in [2.24, 2.45) is 0 Å². The smallest absolute Gasteiger partial charge is 0.0540 e. The molecule has 1 nitrogen and oxygen atoms in total. The summed E-state index contributed by atoms with van der Waals surface area (Å²) >= 11 is 3.77. The molecule has 3 heteroatoms. The molecule has 0 radical (unpaired) electrons. The number of fused-ring (bicyclic) bond motifs is 6. The molecule has 256 valence electrons. The summed E-state index contributed by atoms with van der Waals surface area (Å²) < 4.78 is 5.33. The Morgan fingerprint density at radius 1 is 0.309 bits per heavy atom. The number of hydrogen-bond donors (Lipinski definition) is 0. The molecular weight excluding hydrogens is 703 g/mol. The topological polar surface area (TPSA) is 3.24 Å². The molecule has 0 unspecified atom stereocenters. The normalized spacial score (nSPS) is 12.0. The van der Waals surface area contributed by atoms with Crippen molar-refractivity contribution in [3.63, 3.8) is 0 Å². The van der Waals surface area contributed by atoms with Gasteiger partial charge in [-0.15, -0.1) is 22.7 Å². The Morgan fingerprint density at radius 3 is 1.33 bits per heavy atom. The third-order valence-electron chi connectivity index (χ3n) is 11.4. The van der Waals surface area contributed by atoms with Gasteiger partial charge in [0, 0.05) is 57.1 Å². The summed E-state index contributed by atoms with van der Waals surface area (Å²) in [4.78, 5) is 2.44. The molecular formula is C52H31NS2. The Morgan fingerprint density at radius 2 is 0.764 bits per heavy atom. The van der Waals surface area contributed by atoms with Crippen molar-refractivity contribution in [3.8, 4) is 22.3 Å². The first-order valence-corrected chi connectivity index (χ1v) is 20.4. The lowest BCUT2D eigenvalue weighted by atomic mass is 9.93. The van der Waals surface area contributed by atoms with Gasteiger partial charge in [0.05, 0.1) is 5.69 Å². The van der Waals surface area contributed by atoms with Crippen molar-refractivity contribution in [2.45, 2.75) is 0 Å². The number of thiophene rings is 2. The molecule has 10 aromatic carbocycles. The van der Waals surface area contributed by atoms with Crippen LogP contribution in [-0.4, -0.2) is 0 Å². The zero-order valence-electron chi connectivity index (χ0n) is 29.7. The Kier molecular flexibility index (Phi) is 6.74. The van der Waals surface area contributed by atoms with E-state index < -0.39 is 0 Å². The highest BCUT2D eigenvalue weighted by Crippen LogP contribution is 2.46. The van der Waals surface area contributed by atoms with Gasteiger partial charge in [-0.1, -0.05) is 146 Å². The fourth-order valence-electron chi connectivity index (χ4n) is 8.87. The van der Waals surface area contributed by atoms with E-state index in [2.05, 4.69) is 193 Å². The van der Waals surface area contributed by atoms with Gasteiger partial charge in [-0.25, -0.2) is 0 Å². The molecule has 0 saturated carbocycles. The van der Waals surface area contributed by atoms with Crippen molar-refractivity contribution in [2.75, 3.05) is 4.90 Å². The Balaban J connectivity index is 1.03. The fraction of sp³-hybridized carbons (Fsp3) is 0. The average molecular weight is 734 g/mol. The van der Waals surface area contributed by atoms with Gasteiger partial charge in [0.1, 0.15) is 0 Å². The van der Waals surface area contributed by atoms with Crippen LogP contribution in [0, 0.1) is 0 Å². The second kappa shape index (κ2) is 12.0. The summed E-state index contributed by atoms with van der Waals surface area (Å²) in [5.74, 6) is 0. The highest BCUT2D eigenvalue weighted by molar-refractivity contribution is 7.26. The third-order valence-corrected chi connectivity index (χ3v) is 13.9. The van der Waals surface area contributed by atoms with Crippen LogP contribution in [0.15, 0.2) is 188 Å². The summed E-state index contributed by atoms with van der Waals surface area (Å²) in [5.41, 5.74) is 8.43. The molecule has 2 heterocycles.